The highest BCUT2D eigenvalue weighted by Gasteiger charge is 2.34. The molecule has 4 aliphatic heterocycles. The van der Waals surface area contributed by atoms with Crippen LogP contribution in [0.2, 0.25) is 0 Å². The van der Waals surface area contributed by atoms with Gasteiger partial charge in [-0.25, -0.2) is 0 Å². The topological polar surface area (TPSA) is 93.1 Å². The van der Waals surface area contributed by atoms with E-state index in [9.17, 15) is 10.2 Å². The van der Waals surface area contributed by atoms with E-state index in [1.807, 2.05) is 37.4 Å². The van der Waals surface area contributed by atoms with Crippen molar-refractivity contribution in [2.75, 3.05) is 41.4 Å². The van der Waals surface area contributed by atoms with Crippen LogP contribution in [-0.2, 0) is 19.3 Å². The molecule has 0 spiro atoms. The van der Waals surface area contributed by atoms with Gasteiger partial charge in [0, 0.05) is 25.2 Å². The molecule has 44 heavy (non-hydrogen) atoms. The lowest BCUT2D eigenvalue weighted by Gasteiger charge is -2.36. The van der Waals surface area contributed by atoms with Gasteiger partial charge in [-0.05, 0) is 98.1 Å². The second-order valence-electron chi connectivity index (χ2n) is 11.7. The summed E-state index contributed by atoms with van der Waals surface area (Å²) >= 11 is 0. The van der Waals surface area contributed by atoms with Gasteiger partial charge in [-0.1, -0.05) is 12.1 Å². The molecular weight excluding hydrogens is 560 g/mol. The van der Waals surface area contributed by atoms with Crippen molar-refractivity contribution in [3.8, 4) is 51.7 Å². The molecule has 4 aliphatic rings. The minimum absolute atomic E-state index is 0.0245. The molecule has 0 aromatic heterocycles. The summed E-state index contributed by atoms with van der Waals surface area (Å²) < 4.78 is 30.7. The Kier molecular flexibility index (Phi) is 7.14. The Labute approximate surface area is 256 Å². The van der Waals surface area contributed by atoms with E-state index in [1.165, 1.54) is 12.7 Å². The van der Waals surface area contributed by atoms with Gasteiger partial charge in [0.15, 0.2) is 40.7 Å². The molecular formula is C35H36N2O7. The molecule has 0 radical (unpaired) electrons. The van der Waals surface area contributed by atoms with Crippen LogP contribution < -0.4 is 23.7 Å². The molecule has 0 fully saturated rings. The summed E-state index contributed by atoms with van der Waals surface area (Å²) in [6, 6.07) is 19.0. The van der Waals surface area contributed by atoms with Gasteiger partial charge in [0.2, 0.25) is 5.75 Å². The maximum Gasteiger partial charge on any atom is 0.201 e. The predicted molar refractivity (Wildman–Crippen MR) is 165 cm³/mol. The number of phenols is 2. The van der Waals surface area contributed by atoms with E-state index in [1.54, 1.807) is 25.3 Å². The lowest BCUT2D eigenvalue weighted by atomic mass is 9.88. The number of nitrogens with zero attached hydrogens (tertiary/aromatic N) is 2. The van der Waals surface area contributed by atoms with Crippen molar-refractivity contribution in [3.05, 3.63) is 88.5 Å². The SMILES string of the molecule is COc1cc2c3cc1Oc1cc(ccc1O)O[C@H]1c4c(cc(OC)c(O)c4Oc4ccc(cc4)C[C@@H]3N(C)CC2)CCN1C. The van der Waals surface area contributed by atoms with Crippen molar-refractivity contribution in [3.63, 3.8) is 0 Å². The number of aromatic hydroxyl groups is 2. The minimum Gasteiger partial charge on any atom is -0.504 e. The van der Waals surface area contributed by atoms with Crippen LogP contribution in [0.25, 0.3) is 0 Å². The van der Waals surface area contributed by atoms with Gasteiger partial charge in [-0.2, -0.15) is 0 Å². The fraction of sp³-hybridized carbons (Fsp3) is 0.314. The normalized spacial score (nSPS) is 19.5. The molecule has 228 valence electrons. The number of ether oxygens (including phenoxy) is 5. The van der Waals surface area contributed by atoms with Crippen LogP contribution in [0.5, 0.6) is 51.7 Å². The molecule has 0 aliphatic carbocycles. The lowest BCUT2D eigenvalue weighted by molar-refractivity contribution is 0.0330. The molecule has 4 aromatic rings. The maximum atomic E-state index is 11.3. The highest BCUT2D eigenvalue weighted by molar-refractivity contribution is 5.61. The van der Waals surface area contributed by atoms with Crippen molar-refractivity contribution in [1.82, 2.24) is 9.80 Å². The van der Waals surface area contributed by atoms with Gasteiger partial charge < -0.3 is 33.9 Å². The van der Waals surface area contributed by atoms with Crippen LogP contribution in [0.3, 0.4) is 0 Å². The molecule has 4 heterocycles. The molecule has 0 saturated heterocycles. The second-order valence-corrected chi connectivity index (χ2v) is 11.7. The van der Waals surface area contributed by atoms with Crippen molar-refractivity contribution >= 4 is 0 Å². The van der Waals surface area contributed by atoms with E-state index in [-0.39, 0.29) is 29.0 Å². The number of likely N-dealkylation sites (N-methyl/N-ethyl adjacent to an activating group) is 2. The molecule has 9 nitrogen and oxygen atoms in total. The third-order valence-corrected chi connectivity index (χ3v) is 8.97. The summed E-state index contributed by atoms with van der Waals surface area (Å²) in [4.78, 5) is 4.41. The predicted octanol–water partition coefficient (Wildman–Crippen LogP) is 6.35. The third kappa shape index (κ3) is 4.92. The lowest BCUT2D eigenvalue weighted by Crippen LogP contribution is -2.35. The molecule has 2 N–H and O–H groups in total. The van der Waals surface area contributed by atoms with Gasteiger partial charge in [-0.15, -0.1) is 0 Å². The standard InChI is InChI=1S/C35H36N2O7/c1-36-13-11-21-16-29(40-3)30-19-25(21)26(36)15-20-5-7-23(8-6-20)42-34-32-22(17-31(41-4)33(34)39)12-14-37(2)35(32)43-24-9-10-27(38)28(18-24)44-30/h5-10,16-19,26,35,38-39H,11-15H2,1-4H3/t26-,35-/m0/s1. The van der Waals surface area contributed by atoms with Crippen LogP contribution in [0.4, 0.5) is 0 Å². The average Bonchev–Trinajstić information content (AvgIpc) is 3.03. The summed E-state index contributed by atoms with van der Waals surface area (Å²) in [5.41, 5.74) is 5.18. The molecule has 6 bridgehead atoms. The number of phenolic OH excluding ortho intramolecular Hbond substituents is 2. The van der Waals surface area contributed by atoms with E-state index >= 15 is 0 Å². The van der Waals surface area contributed by atoms with E-state index in [0.29, 0.717) is 47.3 Å². The van der Waals surface area contributed by atoms with Crippen LogP contribution in [0.1, 0.15) is 40.1 Å². The summed E-state index contributed by atoms with van der Waals surface area (Å²) in [6.07, 6.45) is 1.78. The molecule has 0 unspecified atom stereocenters. The fourth-order valence-electron chi connectivity index (χ4n) is 6.48. The van der Waals surface area contributed by atoms with Gasteiger partial charge in [0.05, 0.1) is 19.8 Å². The number of hydrogen-bond acceptors (Lipinski definition) is 9. The van der Waals surface area contributed by atoms with Gasteiger partial charge in [-0.3, -0.25) is 9.80 Å². The molecule has 0 amide bonds. The maximum absolute atomic E-state index is 11.3. The molecule has 8 rings (SSSR count). The Bertz CT molecular complexity index is 1720. The number of rotatable bonds is 2. The number of benzene rings is 4. The van der Waals surface area contributed by atoms with Crippen LogP contribution in [-0.4, -0.2) is 61.4 Å². The molecule has 9 heteroatoms. The quantitative estimate of drug-likeness (QED) is 0.275. The highest BCUT2D eigenvalue weighted by atomic mass is 16.5. The summed E-state index contributed by atoms with van der Waals surface area (Å²) in [5.74, 6) is 2.94. The minimum atomic E-state index is -0.601. The van der Waals surface area contributed by atoms with E-state index in [2.05, 4.69) is 29.0 Å². The summed E-state index contributed by atoms with van der Waals surface area (Å²) in [7, 11) is 7.25. The fourth-order valence-corrected chi connectivity index (χ4v) is 6.48. The first kappa shape index (κ1) is 28.2. The van der Waals surface area contributed by atoms with Gasteiger partial charge >= 0.3 is 0 Å². The van der Waals surface area contributed by atoms with E-state index < -0.39 is 6.23 Å². The first-order chi connectivity index (χ1) is 21.3. The Balaban J connectivity index is 1.41. The van der Waals surface area contributed by atoms with Crippen molar-refractivity contribution in [2.45, 2.75) is 31.5 Å². The highest BCUT2D eigenvalue weighted by Crippen LogP contribution is 2.50. The summed E-state index contributed by atoms with van der Waals surface area (Å²) in [5, 5.41) is 22.2. The number of fused-ring (bicyclic) bond motifs is 2. The van der Waals surface area contributed by atoms with E-state index in [0.717, 1.165) is 36.1 Å². The Morgan fingerprint density at radius 2 is 1.45 bits per heavy atom. The third-order valence-electron chi connectivity index (χ3n) is 8.97. The van der Waals surface area contributed by atoms with Crippen LogP contribution >= 0.6 is 0 Å². The zero-order valence-corrected chi connectivity index (χ0v) is 25.3. The van der Waals surface area contributed by atoms with Crippen molar-refractivity contribution in [1.29, 1.82) is 0 Å². The summed E-state index contributed by atoms with van der Waals surface area (Å²) in [6.45, 7) is 1.63. The molecule has 2 atom stereocenters. The Morgan fingerprint density at radius 3 is 2.23 bits per heavy atom. The molecule has 0 saturated carbocycles. The zero-order chi connectivity index (χ0) is 30.5. The van der Waals surface area contributed by atoms with Gasteiger partial charge in [0.1, 0.15) is 11.5 Å². The van der Waals surface area contributed by atoms with Crippen molar-refractivity contribution < 1.29 is 33.9 Å². The first-order valence-corrected chi connectivity index (χ1v) is 14.8. The smallest absolute Gasteiger partial charge is 0.201 e. The second kappa shape index (κ2) is 11.2. The van der Waals surface area contributed by atoms with Crippen LogP contribution in [0, 0.1) is 0 Å². The van der Waals surface area contributed by atoms with Crippen molar-refractivity contribution in [2.24, 2.45) is 0 Å². The van der Waals surface area contributed by atoms with E-state index in [4.69, 9.17) is 23.7 Å². The number of methoxy groups -OCH3 is 2. The number of hydrogen-bond donors (Lipinski definition) is 2. The van der Waals surface area contributed by atoms with Crippen LogP contribution in [0.15, 0.2) is 60.7 Å². The zero-order valence-electron chi connectivity index (χ0n) is 25.3. The monoisotopic (exact) mass is 596 g/mol. The Hall–Kier alpha value is -4.60. The Morgan fingerprint density at radius 1 is 0.750 bits per heavy atom. The first-order valence-electron chi connectivity index (χ1n) is 14.8. The molecule has 4 aromatic carbocycles. The average molecular weight is 597 g/mol. The van der Waals surface area contributed by atoms with Gasteiger partial charge in [0.25, 0.3) is 0 Å². The largest absolute Gasteiger partial charge is 0.504 e.